The molecule has 0 aliphatic carbocycles. The maximum atomic E-state index is 13.6. The molecule has 29 heavy (non-hydrogen) atoms. The van der Waals surface area contributed by atoms with E-state index in [2.05, 4.69) is 20.6 Å². The molecule has 0 bridgehead atoms. The van der Waals surface area contributed by atoms with Gasteiger partial charge >= 0.3 is 5.69 Å². The number of benzene rings is 2. The van der Waals surface area contributed by atoms with Crippen molar-refractivity contribution in [2.24, 2.45) is 0 Å². The van der Waals surface area contributed by atoms with Gasteiger partial charge < -0.3 is 20.6 Å². The zero-order valence-electron chi connectivity index (χ0n) is 15.1. The second-order valence-electron chi connectivity index (χ2n) is 6.33. The molecule has 2 aromatic carbocycles. The van der Waals surface area contributed by atoms with Crippen LogP contribution in [0.2, 0.25) is 0 Å². The predicted octanol–water partition coefficient (Wildman–Crippen LogP) is 1.78. The Morgan fingerprint density at radius 3 is 2.31 bits per heavy atom. The van der Waals surface area contributed by atoms with Crippen molar-refractivity contribution >= 4 is 34.2 Å². The molecular weight excluding hydrogens is 391 g/mol. The zero-order valence-corrected chi connectivity index (χ0v) is 15.1. The van der Waals surface area contributed by atoms with Crippen LogP contribution in [0.1, 0.15) is 0 Å². The number of rotatable bonds is 6. The fraction of sp³-hybridized carbons (Fsp3) is 0.167. The minimum absolute atomic E-state index is 0.171. The van der Waals surface area contributed by atoms with Crippen LogP contribution in [0.5, 0.6) is 0 Å². The first-order chi connectivity index (χ1) is 13.7. The van der Waals surface area contributed by atoms with Crippen LogP contribution >= 0.6 is 0 Å². The molecule has 1 heterocycles. The summed E-state index contributed by atoms with van der Waals surface area (Å²) >= 11 is 0. The van der Waals surface area contributed by atoms with Gasteiger partial charge in [-0.05, 0) is 37.4 Å². The van der Waals surface area contributed by atoms with E-state index < -0.39 is 35.0 Å². The van der Waals surface area contributed by atoms with Crippen molar-refractivity contribution in [3.8, 4) is 0 Å². The molecule has 0 aliphatic heterocycles. The Hall–Kier alpha value is -3.60. The van der Waals surface area contributed by atoms with Gasteiger partial charge in [0.05, 0.1) is 29.8 Å². The van der Waals surface area contributed by atoms with Crippen LogP contribution in [-0.4, -0.2) is 46.8 Å². The van der Waals surface area contributed by atoms with Crippen molar-refractivity contribution in [3.63, 3.8) is 0 Å². The second-order valence-corrected chi connectivity index (χ2v) is 6.33. The van der Waals surface area contributed by atoms with Gasteiger partial charge in [0, 0.05) is 5.69 Å². The van der Waals surface area contributed by atoms with Gasteiger partial charge in [0.1, 0.15) is 0 Å². The number of carbonyl (C=O) groups excluding carboxylic acids is 2. The average Bonchev–Trinajstić information content (AvgIpc) is 3.01. The SMILES string of the molecule is CN(CC(=O)Nc1ccc2[nH]c(=O)[nH]c2c1)CC(=O)Nc1ccc(F)c(F)c1F. The molecule has 3 rings (SSSR count). The van der Waals surface area contributed by atoms with Gasteiger partial charge in [0.25, 0.3) is 0 Å². The van der Waals surface area contributed by atoms with Crippen LogP contribution in [0.4, 0.5) is 24.5 Å². The van der Waals surface area contributed by atoms with Gasteiger partial charge in [0.15, 0.2) is 17.5 Å². The number of imidazole rings is 1. The maximum Gasteiger partial charge on any atom is 0.323 e. The van der Waals surface area contributed by atoms with E-state index >= 15 is 0 Å². The Labute approximate surface area is 161 Å². The van der Waals surface area contributed by atoms with E-state index in [0.717, 1.165) is 6.07 Å². The fourth-order valence-electron chi connectivity index (χ4n) is 2.67. The molecule has 4 N–H and O–H groups in total. The number of likely N-dealkylation sites (N-methyl/N-ethyl adjacent to an activating group) is 1. The molecule has 0 saturated heterocycles. The summed E-state index contributed by atoms with van der Waals surface area (Å²) in [6.45, 7) is -0.467. The van der Waals surface area contributed by atoms with Gasteiger partial charge in [-0.25, -0.2) is 18.0 Å². The first-order valence-electron chi connectivity index (χ1n) is 8.36. The largest absolute Gasteiger partial charge is 0.325 e. The van der Waals surface area contributed by atoms with Crippen LogP contribution in [0.3, 0.4) is 0 Å². The Morgan fingerprint density at radius 2 is 1.59 bits per heavy atom. The standard InChI is InChI=1S/C18H16F3N5O3/c1-26(8-15(28)23-12-5-3-10(19)16(20)17(12)21)7-14(27)22-9-2-4-11-13(6-9)25-18(29)24-11/h2-6H,7-8H2,1H3,(H,22,27)(H,23,28)(H2,24,25,29). The van der Waals surface area contributed by atoms with Gasteiger partial charge in [-0.2, -0.15) is 0 Å². The third-order valence-corrected chi connectivity index (χ3v) is 3.94. The normalized spacial score (nSPS) is 11.1. The number of hydrogen-bond donors (Lipinski definition) is 4. The number of amides is 2. The number of anilines is 2. The van der Waals surface area contributed by atoms with Crippen molar-refractivity contribution in [2.75, 3.05) is 30.8 Å². The molecule has 0 spiro atoms. The predicted molar refractivity (Wildman–Crippen MR) is 100.0 cm³/mol. The van der Waals surface area contributed by atoms with Gasteiger partial charge in [-0.1, -0.05) is 0 Å². The Morgan fingerprint density at radius 1 is 0.931 bits per heavy atom. The average molecular weight is 407 g/mol. The third kappa shape index (κ3) is 4.82. The van der Waals surface area contributed by atoms with Crippen molar-refractivity contribution < 1.29 is 22.8 Å². The smallest absolute Gasteiger partial charge is 0.323 e. The fourth-order valence-corrected chi connectivity index (χ4v) is 2.67. The molecule has 3 aromatic rings. The summed E-state index contributed by atoms with van der Waals surface area (Å²) in [6, 6.07) is 6.39. The topological polar surface area (TPSA) is 110 Å². The molecule has 1 aromatic heterocycles. The monoisotopic (exact) mass is 407 g/mol. The molecular formula is C18H16F3N5O3. The van der Waals surface area contributed by atoms with Gasteiger partial charge in [-0.3, -0.25) is 14.5 Å². The van der Waals surface area contributed by atoms with Crippen LogP contribution in [-0.2, 0) is 9.59 Å². The summed E-state index contributed by atoms with van der Waals surface area (Å²) in [5, 5.41) is 4.74. The number of fused-ring (bicyclic) bond motifs is 1. The maximum absolute atomic E-state index is 13.6. The molecule has 0 aliphatic rings. The number of aromatic amines is 2. The molecule has 8 nitrogen and oxygen atoms in total. The molecule has 0 unspecified atom stereocenters. The summed E-state index contributed by atoms with van der Waals surface area (Å²) in [4.78, 5) is 41.8. The van der Waals surface area contributed by atoms with Gasteiger partial charge in [-0.15, -0.1) is 0 Å². The van der Waals surface area contributed by atoms with E-state index in [1.807, 2.05) is 0 Å². The Kier molecular flexibility index (Phi) is 5.69. The molecule has 0 atom stereocenters. The van der Waals surface area contributed by atoms with E-state index in [0.29, 0.717) is 22.8 Å². The number of H-pyrrole nitrogens is 2. The van der Waals surface area contributed by atoms with Crippen LogP contribution in [0.15, 0.2) is 35.1 Å². The zero-order chi connectivity index (χ0) is 21.1. The number of aromatic nitrogens is 2. The summed E-state index contributed by atoms with van der Waals surface area (Å²) in [7, 11) is 1.48. The molecule has 11 heteroatoms. The number of nitrogens with zero attached hydrogens (tertiary/aromatic N) is 1. The molecule has 0 saturated carbocycles. The van der Waals surface area contributed by atoms with E-state index in [1.165, 1.54) is 11.9 Å². The van der Waals surface area contributed by atoms with Crippen LogP contribution in [0, 0.1) is 17.5 Å². The number of halogens is 3. The summed E-state index contributed by atoms with van der Waals surface area (Å²) in [5.41, 5.74) is 0.687. The minimum Gasteiger partial charge on any atom is -0.325 e. The van der Waals surface area contributed by atoms with Crippen LogP contribution in [0.25, 0.3) is 11.0 Å². The lowest BCUT2D eigenvalue weighted by Gasteiger charge is -2.16. The van der Waals surface area contributed by atoms with Gasteiger partial charge in [0.2, 0.25) is 11.8 Å². The number of nitrogens with one attached hydrogen (secondary N) is 4. The Bertz CT molecular complexity index is 1140. The number of carbonyl (C=O) groups is 2. The highest BCUT2D eigenvalue weighted by Crippen LogP contribution is 2.19. The second kappa shape index (κ2) is 8.19. The molecule has 2 amide bonds. The Balaban J connectivity index is 1.54. The van der Waals surface area contributed by atoms with Crippen molar-refractivity contribution in [1.82, 2.24) is 14.9 Å². The van der Waals surface area contributed by atoms with Crippen molar-refractivity contribution in [3.05, 3.63) is 58.3 Å². The summed E-state index contributed by atoms with van der Waals surface area (Å²) in [6.07, 6.45) is 0. The molecule has 0 radical (unpaired) electrons. The highest BCUT2D eigenvalue weighted by molar-refractivity contribution is 5.95. The lowest BCUT2D eigenvalue weighted by molar-refractivity contribution is -0.119. The first-order valence-corrected chi connectivity index (χ1v) is 8.36. The highest BCUT2D eigenvalue weighted by atomic mass is 19.2. The molecule has 152 valence electrons. The third-order valence-electron chi connectivity index (χ3n) is 3.94. The highest BCUT2D eigenvalue weighted by Gasteiger charge is 2.17. The number of hydrogen-bond acceptors (Lipinski definition) is 4. The summed E-state index contributed by atoms with van der Waals surface area (Å²) < 4.78 is 39.7. The van der Waals surface area contributed by atoms with E-state index in [9.17, 15) is 27.6 Å². The summed E-state index contributed by atoms with van der Waals surface area (Å²) in [5.74, 6) is -5.70. The molecule has 0 fully saturated rings. The minimum atomic E-state index is -1.68. The lowest BCUT2D eigenvalue weighted by Crippen LogP contribution is -2.36. The van der Waals surface area contributed by atoms with E-state index in [-0.39, 0.29) is 18.8 Å². The van der Waals surface area contributed by atoms with Crippen molar-refractivity contribution in [1.29, 1.82) is 0 Å². The first kappa shape index (κ1) is 20.1. The lowest BCUT2D eigenvalue weighted by atomic mass is 10.2. The van der Waals surface area contributed by atoms with Crippen molar-refractivity contribution in [2.45, 2.75) is 0 Å². The van der Waals surface area contributed by atoms with Crippen LogP contribution < -0.4 is 16.3 Å². The van der Waals surface area contributed by atoms with E-state index in [4.69, 9.17) is 0 Å². The van der Waals surface area contributed by atoms with E-state index in [1.54, 1.807) is 18.2 Å². The quantitative estimate of drug-likeness (QED) is 0.467.